The molecule has 16 nitrogen and oxygen atoms in total. The van der Waals surface area contributed by atoms with Gasteiger partial charge in [0, 0.05) is 46.2 Å². The fraction of sp³-hybridized carbons (Fsp3) is 0.176. The molecule has 3 aromatic heterocycles. The molecule has 2 aliphatic heterocycles. The standard InChI is InChI=1S/C68H66N12O4.Zn/c1-77(2,3)41-21-13-25-45(37-41)81-53-33-17-29-49-57(53)65-69-61(49)74-66-59-51(31-19-35-55(59)83-47-27-15-23-43(39-47)79(7,8)9)63(71-66)76-68-60-52(32-20-36-56(60)84-48-28-16-24-44(40-48)80(10,11)12)64(72-68)75-67-58-50(62(70-67)73-65)30-18-34-54(58)82-46-26-14-22-42(38-46)78(4,5)6;/h13-40H,1-12H3,(H2,69,70,71,72,73,74,75,76);/q+4;+2. The van der Waals surface area contributed by atoms with Gasteiger partial charge < -0.3 is 28.9 Å². The van der Waals surface area contributed by atoms with Crippen LogP contribution in [0.15, 0.2) is 170 Å². The van der Waals surface area contributed by atoms with Crippen LogP contribution < -0.4 is 36.9 Å². The Hall–Kier alpha value is -9.22. The Balaban J connectivity index is 0.00000709. The quantitative estimate of drug-likeness (QED) is 0.0895. The molecule has 0 spiro atoms. The molecular weight excluding hydrogens is 1110 g/mol. The van der Waals surface area contributed by atoms with Crippen molar-refractivity contribution in [3.63, 3.8) is 0 Å². The number of aromatic nitrogens is 8. The molecule has 418 valence electrons. The average Bonchev–Trinajstić information content (AvgIpc) is 2.06. The molecular formula is C68H66N12O4Zn+6. The predicted octanol–water partition coefficient (Wildman–Crippen LogP) is 14.8. The summed E-state index contributed by atoms with van der Waals surface area (Å²) in [4.78, 5) is 39.8. The summed E-state index contributed by atoms with van der Waals surface area (Å²) in [6.45, 7) is 0. The van der Waals surface area contributed by atoms with Crippen molar-refractivity contribution in [2.45, 2.75) is 0 Å². The van der Waals surface area contributed by atoms with Crippen molar-refractivity contribution in [2.24, 2.45) is 0 Å². The number of nitrogens with zero attached hydrogens (tertiary/aromatic N) is 10. The molecule has 8 bridgehead atoms. The summed E-state index contributed by atoms with van der Waals surface area (Å²) >= 11 is 0. The number of quaternary nitrogens is 4. The van der Waals surface area contributed by atoms with Gasteiger partial charge in [-0.1, -0.05) is 72.8 Å². The van der Waals surface area contributed by atoms with Crippen molar-refractivity contribution < 1.29 is 38.4 Å². The third-order valence-corrected chi connectivity index (χ3v) is 15.1. The third kappa shape index (κ3) is 10.9. The van der Waals surface area contributed by atoms with E-state index in [0.717, 1.165) is 33.5 Å². The molecule has 8 aromatic carbocycles. The molecule has 13 rings (SSSR count). The summed E-state index contributed by atoms with van der Waals surface area (Å²) in [5.41, 5.74) is 8.91. The summed E-state index contributed by atoms with van der Waals surface area (Å²) in [5.74, 6) is 6.42. The van der Waals surface area contributed by atoms with Gasteiger partial charge in [0.25, 0.3) is 0 Å². The second kappa shape index (κ2) is 21.1. The second-order valence-electron chi connectivity index (χ2n) is 24.8. The fourth-order valence-electron chi connectivity index (χ4n) is 10.6. The number of nitrogens with one attached hydrogen (secondary N) is 2. The Bertz CT molecular complexity index is 4350. The van der Waals surface area contributed by atoms with Crippen LogP contribution in [-0.4, -0.2) is 124 Å². The molecule has 11 aromatic rings. The van der Waals surface area contributed by atoms with E-state index < -0.39 is 0 Å². The first-order valence-electron chi connectivity index (χ1n) is 27.8. The van der Waals surface area contributed by atoms with E-state index in [4.69, 9.17) is 48.9 Å². The molecule has 0 atom stereocenters. The van der Waals surface area contributed by atoms with Crippen molar-refractivity contribution in [1.82, 2.24) is 57.8 Å². The molecule has 0 unspecified atom stereocenters. The average molecular weight is 1180 g/mol. The number of benzene rings is 8. The van der Waals surface area contributed by atoms with Crippen LogP contribution in [0.25, 0.3) is 89.7 Å². The maximum absolute atomic E-state index is 6.90. The summed E-state index contributed by atoms with van der Waals surface area (Å²) in [6.07, 6.45) is 0. The van der Waals surface area contributed by atoms with Crippen LogP contribution in [0.1, 0.15) is 0 Å². The minimum absolute atomic E-state index is 0. The summed E-state index contributed by atoms with van der Waals surface area (Å²) < 4.78 is 30.0. The Morgan fingerprint density at radius 1 is 0.294 bits per heavy atom. The van der Waals surface area contributed by atoms with Crippen LogP contribution in [0.3, 0.4) is 0 Å². The minimum Gasteiger partial charge on any atom is -0.456 e. The van der Waals surface area contributed by atoms with Gasteiger partial charge in [-0.05, 0) is 72.8 Å². The van der Waals surface area contributed by atoms with Gasteiger partial charge in [0.1, 0.15) is 91.3 Å². The van der Waals surface area contributed by atoms with Gasteiger partial charge in [-0.3, -0.25) is 17.9 Å². The first kappa shape index (κ1) is 56.3. The number of hydrogen-bond donors (Lipinski definition) is 2. The number of rotatable bonds is 12. The van der Waals surface area contributed by atoms with Crippen LogP contribution in [0.2, 0.25) is 0 Å². The number of fused-ring (bicyclic) bond motifs is 20. The van der Waals surface area contributed by atoms with Gasteiger partial charge in [0.15, 0.2) is 23.3 Å². The van der Waals surface area contributed by atoms with Crippen LogP contribution in [0.5, 0.6) is 46.0 Å². The zero-order chi connectivity index (χ0) is 58.5. The zero-order valence-corrected chi connectivity index (χ0v) is 52.9. The molecule has 0 saturated heterocycles. The van der Waals surface area contributed by atoms with E-state index in [2.05, 4.69) is 143 Å². The third-order valence-electron chi connectivity index (χ3n) is 15.1. The van der Waals surface area contributed by atoms with E-state index in [-0.39, 0.29) is 19.5 Å². The van der Waals surface area contributed by atoms with E-state index in [1.807, 2.05) is 121 Å². The van der Waals surface area contributed by atoms with E-state index in [1.54, 1.807) is 0 Å². The maximum atomic E-state index is 6.90. The molecule has 0 saturated carbocycles. The molecule has 2 aliphatic rings. The SMILES string of the molecule is C[N+](C)(C)c1cccc(Oc2cccc3c2-c2nc-3nc3[nH]c(nc4nc(nc5[nH]c(n2)c2cccc(Oc6cccc([N+](C)(C)C)c6)c52)-c2cccc(Oc5cccc([N+](C)(C)C)c5)c2-4)c2cccc(Oc4cccc([N+](C)(C)C)c4)c32)c1.[Zn+2]. The van der Waals surface area contributed by atoms with E-state index in [9.17, 15) is 0 Å². The van der Waals surface area contributed by atoms with E-state index >= 15 is 0 Å². The van der Waals surface area contributed by atoms with Crippen LogP contribution in [0, 0.1) is 0 Å². The first-order chi connectivity index (χ1) is 40.1. The van der Waals surface area contributed by atoms with E-state index in [0.29, 0.717) is 143 Å². The van der Waals surface area contributed by atoms with Gasteiger partial charge in [-0.25, -0.2) is 29.9 Å². The molecule has 2 N–H and O–H groups in total. The molecule has 0 aliphatic carbocycles. The largest absolute Gasteiger partial charge is 2.00 e. The maximum Gasteiger partial charge on any atom is 2.00 e. The van der Waals surface area contributed by atoms with Crippen molar-refractivity contribution in [2.75, 3.05) is 84.6 Å². The van der Waals surface area contributed by atoms with E-state index in [1.165, 1.54) is 0 Å². The van der Waals surface area contributed by atoms with Crippen LogP contribution in [0.4, 0.5) is 22.7 Å². The predicted molar refractivity (Wildman–Crippen MR) is 340 cm³/mol. The number of H-pyrrole nitrogens is 2. The van der Waals surface area contributed by atoms with Crippen molar-refractivity contribution in [1.29, 1.82) is 0 Å². The molecule has 0 fully saturated rings. The number of hydrogen-bond acceptors (Lipinski definition) is 10. The Morgan fingerprint density at radius 2 is 0.576 bits per heavy atom. The topological polar surface area (TPSA) is 146 Å². The smallest absolute Gasteiger partial charge is 0.456 e. The van der Waals surface area contributed by atoms with Gasteiger partial charge in [0.05, 0.1) is 106 Å². The van der Waals surface area contributed by atoms with Gasteiger partial charge in [0.2, 0.25) is 0 Å². The Kier molecular flexibility index (Phi) is 14.0. The number of aromatic amines is 2. The summed E-state index contributed by atoms with van der Waals surface area (Å²) in [5, 5.41) is 2.84. The fourth-order valence-corrected chi connectivity index (χ4v) is 10.6. The Labute approximate surface area is 506 Å². The monoisotopic (exact) mass is 1180 g/mol. The number of ether oxygens (including phenoxy) is 4. The second-order valence-corrected chi connectivity index (χ2v) is 24.8. The van der Waals surface area contributed by atoms with Crippen molar-refractivity contribution in [3.05, 3.63) is 170 Å². The Morgan fingerprint density at radius 3 is 0.906 bits per heavy atom. The molecule has 5 heterocycles. The van der Waals surface area contributed by atoms with Crippen molar-refractivity contribution in [3.8, 4) is 91.5 Å². The first-order valence-corrected chi connectivity index (χ1v) is 27.8. The minimum atomic E-state index is 0. The van der Waals surface area contributed by atoms with Crippen LogP contribution >= 0.6 is 0 Å². The summed E-state index contributed by atoms with van der Waals surface area (Å²) in [6, 6.07) is 56.1. The van der Waals surface area contributed by atoms with Gasteiger partial charge in [-0.2, -0.15) is 0 Å². The van der Waals surface area contributed by atoms with Gasteiger partial charge >= 0.3 is 19.5 Å². The molecule has 85 heavy (non-hydrogen) atoms. The summed E-state index contributed by atoms with van der Waals surface area (Å²) in [7, 11) is 25.5. The normalized spacial score (nSPS) is 12.4. The molecule has 0 radical (unpaired) electrons. The zero-order valence-electron chi connectivity index (χ0n) is 50.0. The molecule has 17 heteroatoms. The van der Waals surface area contributed by atoms with Gasteiger partial charge in [-0.15, -0.1) is 0 Å². The van der Waals surface area contributed by atoms with Crippen LogP contribution in [-0.2, 0) is 19.5 Å². The molecule has 0 amide bonds. The van der Waals surface area contributed by atoms with Crippen molar-refractivity contribution >= 4 is 66.9 Å².